The molecule has 0 bridgehead atoms. The first-order valence-corrected chi connectivity index (χ1v) is 32.8. The number of rotatable bonds is 8. The standard InChI is InChI=1S/C86H62N4O8/c1-43-31-54(32-44(2)51(43)9)85(70-23-15-11-19-58(70)59-20-12-16-24-71(59)85)55-35-47(5)75(48(6)36-55)89-81(95)66-41-68-69(42-67(66)82(89)96)84(98)90(83(68)97)76-49(7)37-57(38-50(76)8)86(72-25-17-13-21-60(72)61-22-14-18-26-73(61)86)56-33-45(3)74(46(4)34-56)88-79(93)63-30-28-53(40-65(63)80(88)94)52-27-29-62-64(39-52)78(92)87(10)77(62)91/h11-42H,1-10H3. The summed E-state index contributed by atoms with van der Waals surface area (Å²) in [4.78, 5) is 118. The maximum atomic E-state index is 15.2. The first-order chi connectivity index (χ1) is 47.1. The molecule has 17 rings (SSSR count). The number of carbonyl (C=O) groups is 4. The van der Waals surface area contributed by atoms with Gasteiger partial charge in [-0.2, -0.15) is 0 Å². The summed E-state index contributed by atoms with van der Waals surface area (Å²) in [5.41, 5.74) is 19.4. The topological polar surface area (TPSA) is 153 Å². The highest BCUT2D eigenvalue weighted by atomic mass is 16.2. The summed E-state index contributed by atoms with van der Waals surface area (Å²) in [7, 11) is 1.44. The molecule has 0 spiro atoms. The van der Waals surface area contributed by atoms with Gasteiger partial charge in [0, 0.05) is 7.05 Å². The Labute approximate surface area is 563 Å². The quantitative estimate of drug-likeness (QED) is 0.136. The molecule has 0 fully saturated rings. The van der Waals surface area contributed by atoms with Gasteiger partial charge in [0.15, 0.2) is 0 Å². The molecule has 13 aromatic rings. The maximum Gasteiger partial charge on any atom is 0.266 e. The van der Waals surface area contributed by atoms with Crippen LogP contribution < -0.4 is 27.1 Å². The fourth-order valence-electron chi connectivity index (χ4n) is 17.4. The smallest absolute Gasteiger partial charge is 0.266 e. The molecule has 11 aromatic carbocycles. The van der Waals surface area contributed by atoms with Crippen LogP contribution in [0.5, 0.6) is 0 Å². The molecule has 2 aromatic heterocycles. The van der Waals surface area contributed by atoms with Gasteiger partial charge in [0.2, 0.25) is 0 Å². The Balaban J connectivity index is 0.761. The molecule has 4 heterocycles. The molecule has 0 saturated carbocycles. The molecular formula is C86H62N4O8. The van der Waals surface area contributed by atoms with Gasteiger partial charge < -0.3 is 0 Å². The minimum atomic E-state index is -1.01. The highest BCUT2D eigenvalue weighted by Gasteiger charge is 2.49. The molecular weight excluding hydrogens is 1220 g/mol. The van der Waals surface area contributed by atoms with Crippen molar-refractivity contribution in [2.75, 3.05) is 11.9 Å². The lowest BCUT2D eigenvalue weighted by Crippen LogP contribution is -2.33. The van der Waals surface area contributed by atoms with Gasteiger partial charge in [0.1, 0.15) is 0 Å². The Bertz CT molecular complexity index is 5900. The van der Waals surface area contributed by atoms with Crippen LogP contribution in [0.1, 0.15) is 136 Å². The largest absolute Gasteiger partial charge is 0.277 e. The van der Waals surface area contributed by atoms with Crippen molar-refractivity contribution in [1.29, 1.82) is 0 Å². The van der Waals surface area contributed by atoms with E-state index >= 15 is 19.2 Å². The van der Waals surface area contributed by atoms with E-state index in [4.69, 9.17) is 0 Å². The van der Waals surface area contributed by atoms with Gasteiger partial charge in [0.05, 0.1) is 71.7 Å². The van der Waals surface area contributed by atoms with Gasteiger partial charge in [-0.1, -0.05) is 158 Å². The van der Waals surface area contributed by atoms with Crippen molar-refractivity contribution in [3.05, 3.63) is 352 Å². The first kappa shape index (κ1) is 59.7. The molecule has 98 heavy (non-hydrogen) atoms. The van der Waals surface area contributed by atoms with Gasteiger partial charge in [-0.05, 0) is 227 Å². The van der Waals surface area contributed by atoms with Crippen molar-refractivity contribution in [3.63, 3.8) is 0 Å². The van der Waals surface area contributed by atoms with Crippen LogP contribution in [0, 0.1) is 62.3 Å². The molecule has 474 valence electrons. The summed E-state index contributed by atoms with van der Waals surface area (Å²) in [6.45, 7) is 17.9. The number of imide groups is 2. The summed E-state index contributed by atoms with van der Waals surface area (Å²) in [5.74, 6) is -1.76. The van der Waals surface area contributed by atoms with Gasteiger partial charge in [0.25, 0.3) is 45.9 Å². The van der Waals surface area contributed by atoms with E-state index in [0.717, 1.165) is 71.7 Å². The molecule has 4 amide bonds. The predicted molar refractivity (Wildman–Crippen MR) is 384 cm³/mol. The van der Waals surface area contributed by atoms with Crippen LogP contribution in [-0.4, -0.2) is 44.7 Å². The van der Waals surface area contributed by atoms with Crippen molar-refractivity contribution < 1.29 is 19.2 Å². The average Bonchev–Trinajstić information content (AvgIpc) is 1.30. The summed E-state index contributed by atoms with van der Waals surface area (Å²) in [6, 6.07) is 63.3. The van der Waals surface area contributed by atoms with E-state index in [9.17, 15) is 19.2 Å². The Morgan fingerprint density at radius 2 is 0.541 bits per heavy atom. The first-order valence-electron chi connectivity index (χ1n) is 32.8. The average molecular weight is 1280 g/mol. The van der Waals surface area contributed by atoms with Crippen LogP contribution >= 0.6 is 0 Å². The van der Waals surface area contributed by atoms with Crippen LogP contribution in [0.25, 0.3) is 66.3 Å². The van der Waals surface area contributed by atoms with Crippen molar-refractivity contribution in [1.82, 2.24) is 14.0 Å². The Morgan fingerprint density at radius 1 is 0.265 bits per heavy atom. The SMILES string of the molecule is Cc1cc(C2(c3cc(C)c(-n4c(=O)c5cc6c(=O)n(-c7c(C)cc(C8(c9cc(C)c(N%10C(=O)c%11ccc(-c%12ccc%13c(c%12)C(=O)N(C)C%13=O)cc%11C%10=O)c(C)c9)c9ccccc9-c9ccccc98)cc7C)c(=O)c6cc5c4=O)c(C)c3)c3ccccc3-c3ccccc32)cc(C)c1C. The molecule has 2 aliphatic carbocycles. The molecule has 0 radical (unpaired) electrons. The van der Waals surface area contributed by atoms with E-state index in [-0.39, 0.29) is 44.1 Å². The van der Waals surface area contributed by atoms with Crippen LogP contribution in [0.15, 0.2) is 213 Å². The maximum absolute atomic E-state index is 15.2. The minimum Gasteiger partial charge on any atom is -0.277 e. The lowest BCUT2D eigenvalue weighted by molar-refractivity contribution is 0.0692. The van der Waals surface area contributed by atoms with E-state index in [1.54, 1.807) is 36.4 Å². The molecule has 0 saturated heterocycles. The second kappa shape index (κ2) is 20.7. The molecule has 0 N–H and O–H groups in total. The second-order valence-corrected chi connectivity index (χ2v) is 27.3. The highest BCUT2D eigenvalue weighted by molar-refractivity contribution is 6.35. The Kier molecular flexibility index (Phi) is 12.6. The van der Waals surface area contributed by atoms with Gasteiger partial charge in [-0.3, -0.25) is 43.3 Å². The number of nitrogens with zero attached hydrogens (tertiary/aromatic N) is 4. The van der Waals surface area contributed by atoms with E-state index in [2.05, 4.69) is 118 Å². The number of carbonyl (C=O) groups excluding carboxylic acids is 4. The van der Waals surface area contributed by atoms with E-state index in [0.29, 0.717) is 67.1 Å². The Hall–Kier alpha value is -12.0. The van der Waals surface area contributed by atoms with Crippen LogP contribution in [0.4, 0.5) is 5.69 Å². The molecule has 0 atom stereocenters. The molecule has 12 heteroatoms. The van der Waals surface area contributed by atoms with Gasteiger partial charge in [-0.15, -0.1) is 0 Å². The van der Waals surface area contributed by atoms with E-state index in [1.807, 2.05) is 90.1 Å². The number of hydrogen-bond acceptors (Lipinski definition) is 8. The molecule has 12 nitrogen and oxygen atoms in total. The van der Waals surface area contributed by atoms with Crippen molar-refractivity contribution >= 4 is 50.9 Å². The fraction of sp³-hybridized carbons (Fsp3) is 0.140. The summed E-state index contributed by atoms with van der Waals surface area (Å²) in [6.07, 6.45) is 0. The summed E-state index contributed by atoms with van der Waals surface area (Å²) < 4.78 is 2.38. The van der Waals surface area contributed by atoms with Gasteiger partial charge in [-0.25, -0.2) is 14.0 Å². The number of aryl methyl sites for hydroxylation is 8. The van der Waals surface area contributed by atoms with E-state index in [1.165, 1.54) is 49.9 Å². The third-order valence-electron chi connectivity index (χ3n) is 21.9. The zero-order valence-electron chi connectivity index (χ0n) is 55.5. The normalized spacial score (nSPS) is 14.6. The lowest BCUT2D eigenvalue weighted by Gasteiger charge is -2.36. The highest BCUT2D eigenvalue weighted by Crippen LogP contribution is 2.59. The predicted octanol–water partition coefficient (Wildman–Crippen LogP) is 15.1. The zero-order chi connectivity index (χ0) is 68.2. The van der Waals surface area contributed by atoms with Crippen LogP contribution in [0.3, 0.4) is 0 Å². The van der Waals surface area contributed by atoms with Gasteiger partial charge >= 0.3 is 0 Å². The van der Waals surface area contributed by atoms with Crippen LogP contribution in [0.2, 0.25) is 0 Å². The number of amides is 4. The number of anilines is 1. The third-order valence-corrected chi connectivity index (χ3v) is 21.9. The number of benzene rings is 11. The van der Waals surface area contributed by atoms with E-state index < -0.39 is 50.8 Å². The molecule has 0 unspecified atom stereocenters. The minimum absolute atomic E-state index is 0.0240. The Morgan fingerprint density at radius 3 is 0.888 bits per heavy atom. The van der Waals surface area contributed by atoms with Crippen molar-refractivity contribution in [2.45, 2.75) is 73.1 Å². The number of aromatic nitrogens is 2. The molecule has 2 aliphatic heterocycles. The number of fused-ring (bicyclic) bond motifs is 10. The number of hydrogen-bond donors (Lipinski definition) is 0. The molecule has 4 aliphatic rings. The summed E-state index contributed by atoms with van der Waals surface area (Å²) in [5, 5.41) is 0.127. The van der Waals surface area contributed by atoms with Crippen molar-refractivity contribution in [2.24, 2.45) is 0 Å². The fourth-order valence-corrected chi connectivity index (χ4v) is 17.4. The monoisotopic (exact) mass is 1280 g/mol. The van der Waals surface area contributed by atoms with Crippen molar-refractivity contribution in [3.8, 4) is 44.8 Å². The summed E-state index contributed by atoms with van der Waals surface area (Å²) >= 11 is 0. The second-order valence-electron chi connectivity index (χ2n) is 27.3. The zero-order valence-corrected chi connectivity index (χ0v) is 55.5. The lowest BCUT2D eigenvalue weighted by atomic mass is 9.66. The third kappa shape index (κ3) is 7.70. The van der Waals surface area contributed by atoms with Crippen LogP contribution in [-0.2, 0) is 10.8 Å².